The Morgan fingerprint density at radius 3 is 2.32 bits per heavy atom. The van der Waals surface area contributed by atoms with Crippen LogP contribution in [-0.4, -0.2) is 19.3 Å². The molecule has 0 radical (unpaired) electrons. The van der Waals surface area contributed by atoms with Crippen LogP contribution in [0.2, 0.25) is 5.02 Å². The molecule has 0 heterocycles. The highest BCUT2D eigenvalue weighted by atomic mass is 35.5. The maximum Gasteiger partial charge on any atom is 0.236 e. The van der Waals surface area contributed by atoms with E-state index in [1.165, 1.54) is 9.71 Å². The number of hydrogen-bond acceptors (Lipinski definition) is 2. The van der Waals surface area contributed by atoms with E-state index in [1.54, 1.807) is 12.1 Å². The summed E-state index contributed by atoms with van der Waals surface area (Å²) in [4.78, 5) is 0. The van der Waals surface area contributed by atoms with Gasteiger partial charge in [-0.2, -0.15) is 4.31 Å². The summed E-state index contributed by atoms with van der Waals surface area (Å²) in [6, 6.07) is 16.6. The summed E-state index contributed by atoms with van der Waals surface area (Å²) >= 11 is 6.11. The average Bonchev–Trinajstić information content (AvgIpc) is 2.53. The Labute approximate surface area is 136 Å². The minimum absolute atomic E-state index is 0.262. The minimum Gasteiger partial charge on any atom is -0.207 e. The lowest BCUT2D eigenvalue weighted by Crippen LogP contribution is -2.28. The smallest absolute Gasteiger partial charge is 0.207 e. The second kappa shape index (κ2) is 7.58. The Morgan fingerprint density at radius 1 is 1.05 bits per heavy atom. The van der Waals surface area contributed by atoms with Gasteiger partial charge >= 0.3 is 0 Å². The van der Waals surface area contributed by atoms with Crippen molar-refractivity contribution in [2.24, 2.45) is 0 Å². The lowest BCUT2D eigenvalue weighted by Gasteiger charge is -2.19. The van der Waals surface area contributed by atoms with E-state index in [4.69, 9.17) is 11.6 Å². The molecule has 5 heteroatoms. The highest BCUT2D eigenvalue weighted by Crippen LogP contribution is 2.19. The Hall–Kier alpha value is -1.62. The monoisotopic (exact) mass is 335 g/mol. The normalized spacial score (nSPS) is 12.1. The van der Waals surface area contributed by atoms with E-state index in [-0.39, 0.29) is 6.54 Å². The third-order valence-corrected chi connectivity index (χ3v) is 5.20. The summed E-state index contributed by atoms with van der Waals surface area (Å²) in [5, 5.41) is 1.81. The largest absolute Gasteiger partial charge is 0.236 e. The Bertz CT molecular complexity index is 742. The van der Waals surface area contributed by atoms with Crippen molar-refractivity contribution in [3.8, 4) is 0 Å². The first-order valence-electron chi connectivity index (χ1n) is 6.99. The molecule has 0 spiro atoms. The van der Waals surface area contributed by atoms with Crippen LogP contribution < -0.4 is 0 Å². The molecule has 22 heavy (non-hydrogen) atoms. The quantitative estimate of drug-likeness (QED) is 0.794. The SMILES string of the molecule is CCN(Cc1ccccc1Cl)S(=O)(=O)/C=C/c1ccccc1. The van der Waals surface area contributed by atoms with Crippen LogP contribution in [-0.2, 0) is 16.6 Å². The van der Waals surface area contributed by atoms with E-state index < -0.39 is 10.0 Å². The summed E-state index contributed by atoms with van der Waals surface area (Å²) in [6.45, 7) is 2.45. The molecule has 0 N–H and O–H groups in total. The second-order valence-electron chi connectivity index (χ2n) is 4.78. The van der Waals surface area contributed by atoms with Gasteiger partial charge in [-0.3, -0.25) is 0 Å². The summed E-state index contributed by atoms with van der Waals surface area (Å²) in [5.74, 6) is 0. The number of hydrogen-bond donors (Lipinski definition) is 0. The van der Waals surface area contributed by atoms with Gasteiger partial charge in [0.25, 0.3) is 0 Å². The lowest BCUT2D eigenvalue weighted by molar-refractivity contribution is 0.430. The van der Waals surface area contributed by atoms with E-state index in [0.29, 0.717) is 11.6 Å². The average molecular weight is 336 g/mol. The van der Waals surface area contributed by atoms with Crippen LogP contribution in [0.15, 0.2) is 60.0 Å². The molecule has 0 saturated carbocycles. The van der Waals surface area contributed by atoms with Crippen LogP contribution in [0.4, 0.5) is 0 Å². The van der Waals surface area contributed by atoms with E-state index >= 15 is 0 Å². The van der Waals surface area contributed by atoms with Crippen molar-refractivity contribution < 1.29 is 8.42 Å². The second-order valence-corrected chi connectivity index (χ2v) is 7.00. The predicted molar refractivity (Wildman–Crippen MR) is 91.9 cm³/mol. The highest BCUT2D eigenvalue weighted by Gasteiger charge is 2.18. The molecule has 0 amide bonds. The van der Waals surface area contributed by atoms with Crippen molar-refractivity contribution in [1.29, 1.82) is 0 Å². The summed E-state index contributed by atoms with van der Waals surface area (Å²) in [6.07, 6.45) is 1.60. The van der Waals surface area contributed by atoms with Gasteiger partial charge in [-0.25, -0.2) is 8.42 Å². The van der Waals surface area contributed by atoms with Gasteiger partial charge in [-0.1, -0.05) is 67.1 Å². The fourth-order valence-corrected chi connectivity index (χ4v) is 3.39. The zero-order valence-electron chi connectivity index (χ0n) is 12.3. The molecule has 2 aromatic carbocycles. The topological polar surface area (TPSA) is 37.4 Å². The molecule has 0 atom stereocenters. The van der Waals surface area contributed by atoms with E-state index in [0.717, 1.165) is 11.1 Å². The summed E-state index contributed by atoms with van der Waals surface area (Å²) in [7, 11) is -3.49. The molecule has 0 aliphatic rings. The van der Waals surface area contributed by atoms with Crippen LogP contribution in [0.25, 0.3) is 6.08 Å². The fraction of sp³-hybridized carbons (Fsp3) is 0.176. The van der Waals surface area contributed by atoms with Crippen molar-refractivity contribution in [2.45, 2.75) is 13.5 Å². The molecule has 116 valence electrons. The number of halogens is 1. The molecule has 0 saturated heterocycles. The first kappa shape index (κ1) is 16.7. The van der Waals surface area contributed by atoms with Gasteiger partial charge in [-0.05, 0) is 23.3 Å². The fourth-order valence-electron chi connectivity index (χ4n) is 2.01. The molecular weight excluding hydrogens is 318 g/mol. The van der Waals surface area contributed by atoms with Crippen LogP contribution >= 0.6 is 11.6 Å². The number of nitrogens with zero attached hydrogens (tertiary/aromatic N) is 1. The van der Waals surface area contributed by atoms with Crippen LogP contribution in [0.1, 0.15) is 18.1 Å². The molecule has 0 fully saturated rings. The summed E-state index contributed by atoms with van der Waals surface area (Å²) < 4.78 is 26.3. The van der Waals surface area contributed by atoms with Crippen molar-refractivity contribution in [2.75, 3.05) is 6.54 Å². The zero-order valence-corrected chi connectivity index (χ0v) is 13.9. The number of benzene rings is 2. The molecule has 0 bridgehead atoms. The van der Waals surface area contributed by atoms with Crippen LogP contribution in [0.3, 0.4) is 0 Å². The molecule has 2 rings (SSSR count). The number of rotatable bonds is 6. The molecule has 2 aromatic rings. The molecule has 3 nitrogen and oxygen atoms in total. The zero-order chi connectivity index (χ0) is 16.0. The molecule has 0 unspecified atom stereocenters. The summed E-state index contributed by atoms with van der Waals surface area (Å²) in [5.41, 5.74) is 1.64. The molecule has 0 aliphatic carbocycles. The van der Waals surface area contributed by atoms with Gasteiger partial charge in [0.2, 0.25) is 10.0 Å². The molecule has 0 aromatic heterocycles. The van der Waals surface area contributed by atoms with Gasteiger partial charge in [0, 0.05) is 23.5 Å². The predicted octanol–water partition coefficient (Wildman–Crippen LogP) is 4.16. The van der Waals surface area contributed by atoms with Gasteiger partial charge in [0.05, 0.1) is 0 Å². The third kappa shape index (κ3) is 4.44. The van der Waals surface area contributed by atoms with Crippen molar-refractivity contribution in [3.05, 3.63) is 76.2 Å². The van der Waals surface area contributed by atoms with Gasteiger partial charge in [-0.15, -0.1) is 0 Å². The Kier molecular flexibility index (Phi) is 5.77. The van der Waals surface area contributed by atoms with E-state index in [1.807, 2.05) is 55.5 Å². The lowest BCUT2D eigenvalue weighted by atomic mass is 10.2. The van der Waals surface area contributed by atoms with Gasteiger partial charge in [0.15, 0.2) is 0 Å². The van der Waals surface area contributed by atoms with Gasteiger partial charge in [0.1, 0.15) is 0 Å². The Morgan fingerprint density at radius 2 is 1.68 bits per heavy atom. The first-order chi connectivity index (χ1) is 10.5. The third-order valence-electron chi connectivity index (χ3n) is 3.25. The Balaban J connectivity index is 2.19. The standard InChI is InChI=1S/C17H18ClNO2S/c1-2-19(14-16-10-6-7-11-17(16)18)22(20,21)13-12-15-8-4-3-5-9-15/h3-13H,2,14H2,1H3/b13-12+. The first-order valence-corrected chi connectivity index (χ1v) is 8.87. The highest BCUT2D eigenvalue weighted by molar-refractivity contribution is 7.92. The van der Waals surface area contributed by atoms with E-state index in [2.05, 4.69) is 0 Å². The maximum atomic E-state index is 12.4. The van der Waals surface area contributed by atoms with Crippen LogP contribution in [0.5, 0.6) is 0 Å². The van der Waals surface area contributed by atoms with E-state index in [9.17, 15) is 8.42 Å². The molecular formula is C17H18ClNO2S. The molecule has 0 aliphatic heterocycles. The van der Waals surface area contributed by atoms with Crippen LogP contribution in [0, 0.1) is 0 Å². The van der Waals surface area contributed by atoms with Crippen molar-refractivity contribution in [3.63, 3.8) is 0 Å². The number of sulfonamides is 1. The van der Waals surface area contributed by atoms with Crippen molar-refractivity contribution >= 4 is 27.7 Å². The maximum absolute atomic E-state index is 12.4. The van der Waals surface area contributed by atoms with Gasteiger partial charge < -0.3 is 0 Å². The minimum atomic E-state index is -3.49. The van der Waals surface area contributed by atoms with Crippen molar-refractivity contribution in [1.82, 2.24) is 4.31 Å².